The smallest absolute Gasteiger partial charge is 0.262 e. The van der Waals surface area contributed by atoms with E-state index in [2.05, 4.69) is 5.32 Å². The second-order valence-electron chi connectivity index (χ2n) is 4.56. The van der Waals surface area contributed by atoms with E-state index in [4.69, 9.17) is 9.47 Å². The number of nitrogens with one attached hydrogen (secondary N) is 1. The summed E-state index contributed by atoms with van der Waals surface area (Å²) in [6.45, 7) is 4.48. The number of carbonyl (C=O) groups is 1. The summed E-state index contributed by atoms with van der Waals surface area (Å²) in [4.78, 5) is 11.8. The highest BCUT2D eigenvalue weighted by Crippen LogP contribution is 2.18. The van der Waals surface area contributed by atoms with E-state index in [9.17, 15) is 4.79 Å². The van der Waals surface area contributed by atoms with Gasteiger partial charge in [0.25, 0.3) is 5.91 Å². The fourth-order valence-electron chi connectivity index (χ4n) is 1.85. The fraction of sp³-hybridized carbons (Fsp3) is 0.235. The molecular weight excluding hydrogens is 266 g/mol. The minimum atomic E-state index is -0.182. The van der Waals surface area contributed by atoms with Gasteiger partial charge in [0.15, 0.2) is 6.61 Å². The first-order chi connectivity index (χ1) is 10.2. The van der Waals surface area contributed by atoms with Gasteiger partial charge in [-0.1, -0.05) is 18.2 Å². The van der Waals surface area contributed by atoms with E-state index in [0.717, 1.165) is 17.0 Å². The van der Waals surface area contributed by atoms with Gasteiger partial charge in [0.05, 0.1) is 6.61 Å². The Labute approximate surface area is 124 Å². The average molecular weight is 285 g/mol. The Morgan fingerprint density at radius 1 is 1.00 bits per heavy atom. The van der Waals surface area contributed by atoms with Gasteiger partial charge >= 0.3 is 0 Å². The molecule has 0 heterocycles. The average Bonchev–Trinajstić information content (AvgIpc) is 2.49. The van der Waals surface area contributed by atoms with E-state index in [1.54, 1.807) is 12.1 Å². The van der Waals surface area contributed by atoms with Crippen molar-refractivity contribution >= 4 is 11.6 Å². The van der Waals surface area contributed by atoms with Crippen molar-refractivity contribution in [2.24, 2.45) is 0 Å². The predicted molar refractivity (Wildman–Crippen MR) is 82.9 cm³/mol. The summed E-state index contributed by atoms with van der Waals surface area (Å²) in [6.07, 6.45) is 0. The number of aryl methyl sites for hydroxylation is 1. The molecule has 0 bridgehead atoms. The Hall–Kier alpha value is -2.49. The number of para-hydroxylation sites is 1. The Bertz CT molecular complexity index is 593. The molecule has 0 aliphatic heterocycles. The van der Waals surface area contributed by atoms with Crippen molar-refractivity contribution in [1.29, 1.82) is 0 Å². The molecule has 1 N–H and O–H groups in total. The van der Waals surface area contributed by atoms with Crippen LogP contribution in [0.25, 0.3) is 0 Å². The van der Waals surface area contributed by atoms with Crippen LogP contribution in [0.1, 0.15) is 12.5 Å². The highest BCUT2D eigenvalue weighted by molar-refractivity contribution is 5.92. The maximum atomic E-state index is 11.8. The fourth-order valence-corrected chi connectivity index (χ4v) is 1.85. The molecule has 2 rings (SSSR count). The molecule has 0 atom stereocenters. The van der Waals surface area contributed by atoms with E-state index >= 15 is 0 Å². The van der Waals surface area contributed by atoms with Crippen LogP contribution >= 0.6 is 0 Å². The SMILES string of the molecule is CCOc1ccc(OCC(=O)Nc2ccccc2C)cc1. The lowest BCUT2D eigenvalue weighted by molar-refractivity contribution is -0.118. The van der Waals surface area contributed by atoms with E-state index in [0.29, 0.717) is 12.4 Å². The minimum absolute atomic E-state index is 0.0255. The molecule has 2 aromatic rings. The van der Waals surface area contributed by atoms with Crippen molar-refractivity contribution in [2.75, 3.05) is 18.5 Å². The van der Waals surface area contributed by atoms with E-state index < -0.39 is 0 Å². The summed E-state index contributed by atoms with van der Waals surface area (Å²) in [6, 6.07) is 14.8. The first-order valence-electron chi connectivity index (χ1n) is 6.90. The molecule has 0 spiro atoms. The molecule has 0 radical (unpaired) electrons. The van der Waals surface area contributed by atoms with Crippen molar-refractivity contribution in [3.63, 3.8) is 0 Å². The zero-order valence-electron chi connectivity index (χ0n) is 12.3. The van der Waals surface area contributed by atoms with Crippen LogP contribution in [0.4, 0.5) is 5.69 Å². The van der Waals surface area contributed by atoms with Gasteiger partial charge in [-0.15, -0.1) is 0 Å². The molecule has 0 aliphatic carbocycles. The number of carbonyl (C=O) groups excluding carboxylic acids is 1. The summed E-state index contributed by atoms with van der Waals surface area (Å²) in [5, 5.41) is 2.82. The largest absolute Gasteiger partial charge is 0.494 e. The zero-order valence-corrected chi connectivity index (χ0v) is 12.3. The normalized spacial score (nSPS) is 10.0. The van der Waals surface area contributed by atoms with Crippen molar-refractivity contribution < 1.29 is 14.3 Å². The second kappa shape index (κ2) is 7.33. The third-order valence-electron chi connectivity index (χ3n) is 2.92. The molecule has 0 unspecified atom stereocenters. The van der Waals surface area contributed by atoms with Gasteiger partial charge in [-0.2, -0.15) is 0 Å². The Morgan fingerprint density at radius 3 is 2.24 bits per heavy atom. The Balaban J connectivity index is 1.85. The van der Waals surface area contributed by atoms with Crippen molar-refractivity contribution in [2.45, 2.75) is 13.8 Å². The number of hydrogen-bond donors (Lipinski definition) is 1. The standard InChI is InChI=1S/C17H19NO3/c1-3-20-14-8-10-15(11-9-14)21-12-17(19)18-16-7-5-4-6-13(16)2/h4-11H,3,12H2,1-2H3,(H,18,19). The van der Waals surface area contributed by atoms with Gasteiger partial charge in [0.2, 0.25) is 0 Å². The summed E-state index contributed by atoms with van der Waals surface area (Å²) in [5.41, 5.74) is 1.82. The van der Waals surface area contributed by atoms with Crippen LogP contribution in [0.2, 0.25) is 0 Å². The first-order valence-corrected chi connectivity index (χ1v) is 6.90. The van der Waals surface area contributed by atoms with Gasteiger partial charge in [0, 0.05) is 5.69 Å². The van der Waals surface area contributed by atoms with Crippen molar-refractivity contribution in [3.05, 3.63) is 54.1 Å². The molecule has 0 aromatic heterocycles. The molecule has 0 saturated heterocycles. The second-order valence-corrected chi connectivity index (χ2v) is 4.56. The highest BCUT2D eigenvalue weighted by Gasteiger charge is 2.05. The molecule has 2 aromatic carbocycles. The van der Waals surface area contributed by atoms with E-state index in [-0.39, 0.29) is 12.5 Å². The zero-order chi connectivity index (χ0) is 15.1. The molecule has 1 amide bonds. The summed E-state index contributed by atoms with van der Waals surface area (Å²) in [5.74, 6) is 1.24. The molecule has 0 fully saturated rings. The van der Waals surface area contributed by atoms with Gasteiger partial charge in [-0.05, 0) is 49.7 Å². The number of ether oxygens (including phenoxy) is 2. The Morgan fingerprint density at radius 2 is 1.62 bits per heavy atom. The number of anilines is 1. The molecular formula is C17H19NO3. The third kappa shape index (κ3) is 4.53. The molecule has 0 aliphatic rings. The van der Waals surface area contributed by atoms with Crippen molar-refractivity contribution in [3.8, 4) is 11.5 Å². The molecule has 4 nitrogen and oxygen atoms in total. The van der Waals surface area contributed by atoms with Crippen LogP contribution in [0, 0.1) is 6.92 Å². The number of amides is 1. The number of rotatable bonds is 6. The number of hydrogen-bond acceptors (Lipinski definition) is 3. The van der Waals surface area contributed by atoms with Crippen LogP contribution in [-0.4, -0.2) is 19.1 Å². The lowest BCUT2D eigenvalue weighted by Gasteiger charge is -2.10. The van der Waals surface area contributed by atoms with Gasteiger partial charge in [-0.25, -0.2) is 0 Å². The minimum Gasteiger partial charge on any atom is -0.494 e. The lowest BCUT2D eigenvalue weighted by atomic mass is 10.2. The summed E-state index contributed by atoms with van der Waals surface area (Å²) >= 11 is 0. The predicted octanol–water partition coefficient (Wildman–Crippen LogP) is 3.41. The molecule has 110 valence electrons. The van der Waals surface area contributed by atoms with Crippen LogP contribution in [0.5, 0.6) is 11.5 Å². The molecule has 0 saturated carbocycles. The topological polar surface area (TPSA) is 47.6 Å². The van der Waals surface area contributed by atoms with Crippen LogP contribution in [0.3, 0.4) is 0 Å². The maximum absolute atomic E-state index is 11.8. The summed E-state index contributed by atoms with van der Waals surface area (Å²) < 4.78 is 10.8. The van der Waals surface area contributed by atoms with Crippen molar-refractivity contribution in [1.82, 2.24) is 0 Å². The van der Waals surface area contributed by atoms with Gasteiger partial charge < -0.3 is 14.8 Å². The van der Waals surface area contributed by atoms with Gasteiger partial charge in [0.1, 0.15) is 11.5 Å². The van der Waals surface area contributed by atoms with Crippen LogP contribution in [-0.2, 0) is 4.79 Å². The Kier molecular flexibility index (Phi) is 5.21. The molecule has 4 heteroatoms. The van der Waals surface area contributed by atoms with Crippen LogP contribution < -0.4 is 14.8 Å². The maximum Gasteiger partial charge on any atom is 0.262 e. The highest BCUT2D eigenvalue weighted by atomic mass is 16.5. The lowest BCUT2D eigenvalue weighted by Crippen LogP contribution is -2.20. The van der Waals surface area contributed by atoms with E-state index in [1.807, 2.05) is 50.2 Å². The monoisotopic (exact) mass is 285 g/mol. The number of benzene rings is 2. The van der Waals surface area contributed by atoms with Crippen LogP contribution in [0.15, 0.2) is 48.5 Å². The third-order valence-corrected chi connectivity index (χ3v) is 2.92. The quantitative estimate of drug-likeness (QED) is 0.884. The summed E-state index contributed by atoms with van der Waals surface area (Å²) in [7, 11) is 0. The molecule has 21 heavy (non-hydrogen) atoms. The first kappa shape index (κ1) is 14.9. The van der Waals surface area contributed by atoms with Gasteiger partial charge in [-0.3, -0.25) is 4.79 Å². The van der Waals surface area contributed by atoms with E-state index in [1.165, 1.54) is 0 Å².